The molecule has 66 valence electrons. The lowest BCUT2D eigenvalue weighted by molar-refractivity contribution is 0.904. The standard InChI is InChI=1S/C9H7BrN2O/c1-12-7-4-5-11-9(10)6(7)2-3-8(12)13/h2-5H,1H3. The van der Waals surface area contributed by atoms with Crippen LogP contribution in [0.15, 0.2) is 33.8 Å². The first kappa shape index (κ1) is 8.44. The van der Waals surface area contributed by atoms with E-state index in [1.807, 2.05) is 6.07 Å². The van der Waals surface area contributed by atoms with Gasteiger partial charge in [0.2, 0.25) is 0 Å². The number of hydrogen-bond acceptors (Lipinski definition) is 2. The Labute approximate surface area is 83.2 Å². The molecular weight excluding hydrogens is 232 g/mol. The lowest BCUT2D eigenvalue weighted by atomic mass is 10.3. The highest BCUT2D eigenvalue weighted by molar-refractivity contribution is 9.10. The predicted octanol–water partition coefficient (Wildman–Crippen LogP) is 1.70. The van der Waals surface area contributed by atoms with Crippen LogP contribution in [0.5, 0.6) is 0 Å². The zero-order chi connectivity index (χ0) is 9.42. The summed E-state index contributed by atoms with van der Waals surface area (Å²) in [6.07, 6.45) is 1.67. The number of pyridine rings is 2. The fourth-order valence-electron chi connectivity index (χ4n) is 1.27. The Kier molecular flexibility index (Phi) is 1.92. The van der Waals surface area contributed by atoms with E-state index >= 15 is 0 Å². The van der Waals surface area contributed by atoms with E-state index in [4.69, 9.17) is 0 Å². The smallest absolute Gasteiger partial charge is 0.250 e. The summed E-state index contributed by atoms with van der Waals surface area (Å²) in [7, 11) is 1.75. The van der Waals surface area contributed by atoms with Crippen LogP contribution in [0.1, 0.15) is 0 Å². The van der Waals surface area contributed by atoms with Crippen LogP contribution in [0, 0.1) is 0 Å². The molecule has 0 bridgehead atoms. The maximum absolute atomic E-state index is 11.3. The molecule has 0 radical (unpaired) electrons. The van der Waals surface area contributed by atoms with Crippen LogP contribution in [0.4, 0.5) is 0 Å². The molecule has 2 aromatic rings. The first-order valence-corrected chi connectivity index (χ1v) is 4.60. The van der Waals surface area contributed by atoms with E-state index in [2.05, 4.69) is 20.9 Å². The normalized spacial score (nSPS) is 10.6. The lowest BCUT2D eigenvalue weighted by Crippen LogP contribution is -2.15. The highest BCUT2D eigenvalue weighted by Crippen LogP contribution is 2.18. The van der Waals surface area contributed by atoms with E-state index in [1.165, 1.54) is 6.07 Å². The summed E-state index contributed by atoms with van der Waals surface area (Å²) < 4.78 is 2.36. The van der Waals surface area contributed by atoms with Gasteiger partial charge in [0.1, 0.15) is 4.60 Å². The molecule has 0 amide bonds. The van der Waals surface area contributed by atoms with Gasteiger partial charge >= 0.3 is 0 Å². The molecule has 0 atom stereocenters. The van der Waals surface area contributed by atoms with Crippen molar-refractivity contribution in [2.45, 2.75) is 0 Å². The molecular formula is C9H7BrN2O. The van der Waals surface area contributed by atoms with Gasteiger partial charge in [0.25, 0.3) is 5.56 Å². The van der Waals surface area contributed by atoms with Crippen molar-refractivity contribution < 1.29 is 0 Å². The Morgan fingerprint density at radius 3 is 2.92 bits per heavy atom. The average Bonchev–Trinajstić information content (AvgIpc) is 2.12. The summed E-state index contributed by atoms with van der Waals surface area (Å²) in [5.74, 6) is 0. The molecule has 3 nitrogen and oxygen atoms in total. The summed E-state index contributed by atoms with van der Waals surface area (Å²) in [6, 6.07) is 5.13. The van der Waals surface area contributed by atoms with Crippen LogP contribution >= 0.6 is 15.9 Å². The zero-order valence-electron chi connectivity index (χ0n) is 6.99. The zero-order valence-corrected chi connectivity index (χ0v) is 8.58. The van der Waals surface area contributed by atoms with Crippen molar-refractivity contribution in [2.75, 3.05) is 0 Å². The summed E-state index contributed by atoms with van der Waals surface area (Å²) >= 11 is 3.33. The fraction of sp³-hybridized carbons (Fsp3) is 0.111. The number of aryl methyl sites for hydroxylation is 1. The van der Waals surface area contributed by atoms with Crippen molar-refractivity contribution >= 4 is 26.8 Å². The van der Waals surface area contributed by atoms with Gasteiger partial charge in [-0.25, -0.2) is 4.98 Å². The highest BCUT2D eigenvalue weighted by atomic mass is 79.9. The minimum atomic E-state index is -0.00870. The van der Waals surface area contributed by atoms with Gasteiger partial charge in [-0.05, 0) is 28.1 Å². The Bertz CT molecular complexity index is 518. The Morgan fingerprint density at radius 2 is 2.15 bits per heavy atom. The molecule has 0 unspecified atom stereocenters. The summed E-state index contributed by atoms with van der Waals surface area (Å²) in [6.45, 7) is 0. The third-order valence-corrected chi connectivity index (χ3v) is 2.63. The van der Waals surface area contributed by atoms with Gasteiger partial charge < -0.3 is 4.57 Å². The van der Waals surface area contributed by atoms with Gasteiger partial charge in [-0.3, -0.25) is 4.79 Å². The second-order valence-electron chi connectivity index (χ2n) is 2.77. The molecule has 0 saturated heterocycles. The van der Waals surface area contributed by atoms with Crippen LogP contribution in [0.25, 0.3) is 10.9 Å². The van der Waals surface area contributed by atoms with Crippen molar-refractivity contribution in [1.29, 1.82) is 0 Å². The molecule has 0 fully saturated rings. The Hall–Kier alpha value is -1.16. The van der Waals surface area contributed by atoms with Crippen molar-refractivity contribution in [1.82, 2.24) is 9.55 Å². The number of rotatable bonds is 0. The van der Waals surface area contributed by atoms with Gasteiger partial charge in [-0.2, -0.15) is 0 Å². The SMILES string of the molecule is Cn1c(=O)ccc2c(Br)nccc21. The van der Waals surface area contributed by atoms with Gasteiger partial charge in [0.05, 0.1) is 5.52 Å². The number of aromatic nitrogens is 2. The van der Waals surface area contributed by atoms with E-state index in [0.29, 0.717) is 0 Å². The number of hydrogen-bond donors (Lipinski definition) is 0. The van der Waals surface area contributed by atoms with E-state index in [0.717, 1.165) is 15.5 Å². The van der Waals surface area contributed by atoms with Crippen LogP contribution in [0.2, 0.25) is 0 Å². The minimum Gasteiger partial charge on any atom is -0.311 e. The van der Waals surface area contributed by atoms with Gasteiger partial charge in [0.15, 0.2) is 0 Å². The lowest BCUT2D eigenvalue weighted by Gasteiger charge is -2.03. The Balaban J connectivity index is 3.03. The van der Waals surface area contributed by atoms with Crippen molar-refractivity contribution in [3.05, 3.63) is 39.4 Å². The van der Waals surface area contributed by atoms with Crippen molar-refractivity contribution in [3.63, 3.8) is 0 Å². The maximum Gasteiger partial charge on any atom is 0.250 e. The van der Waals surface area contributed by atoms with Crippen LogP contribution in [-0.2, 0) is 7.05 Å². The quantitative estimate of drug-likeness (QED) is 0.656. The molecule has 0 aromatic carbocycles. The third-order valence-electron chi connectivity index (χ3n) is 2.00. The van der Waals surface area contributed by atoms with E-state index in [1.54, 1.807) is 23.9 Å². The third kappa shape index (κ3) is 1.27. The average molecular weight is 239 g/mol. The van der Waals surface area contributed by atoms with Crippen molar-refractivity contribution in [3.8, 4) is 0 Å². The molecule has 0 saturated carbocycles. The molecule has 0 N–H and O–H groups in total. The first-order chi connectivity index (χ1) is 6.20. The highest BCUT2D eigenvalue weighted by Gasteiger charge is 2.01. The second kappa shape index (κ2) is 2.96. The first-order valence-electron chi connectivity index (χ1n) is 3.80. The van der Waals surface area contributed by atoms with E-state index < -0.39 is 0 Å². The largest absolute Gasteiger partial charge is 0.311 e. The predicted molar refractivity (Wildman–Crippen MR) is 54.7 cm³/mol. The van der Waals surface area contributed by atoms with E-state index in [9.17, 15) is 4.79 Å². The summed E-state index contributed by atoms with van der Waals surface area (Å²) in [5.41, 5.74) is 0.875. The molecule has 4 heteroatoms. The van der Waals surface area contributed by atoms with Crippen molar-refractivity contribution in [2.24, 2.45) is 7.05 Å². The van der Waals surface area contributed by atoms with E-state index in [-0.39, 0.29) is 5.56 Å². The molecule has 0 aliphatic carbocycles. The van der Waals surface area contributed by atoms with Crippen LogP contribution in [-0.4, -0.2) is 9.55 Å². The van der Waals surface area contributed by atoms with Crippen LogP contribution < -0.4 is 5.56 Å². The summed E-state index contributed by atoms with van der Waals surface area (Å²) in [4.78, 5) is 15.4. The van der Waals surface area contributed by atoms with Crippen LogP contribution in [0.3, 0.4) is 0 Å². The number of halogens is 1. The second-order valence-corrected chi connectivity index (χ2v) is 3.52. The van der Waals surface area contributed by atoms with Gasteiger partial charge in [-0.1, -0.05) is 0 Å². The molecule has 0 aliphatic rings. The molecule has 13 heavy (non-hydrogen) atoms. The fourth-order valence-corrected chi connectivity index (χ4v) is 1.72. The maximum atomic E-state index is 11.3. The monoisotopic (exact) mass is 238 g/mol. The summed E-state index contributed by atoms with van der Waals surface area (Å²) in [5, 5.41) is 0.949. The number of fused-ring (bicyclic) bond motifs is 1. The molecule has 2 rings (SSSR count). The molecule has 0 aliphatic heterocycles. The van der Waals surface area contributed by atoms with Gasteiger partial charge in [-0.15, -0.1) is 0 Å². The molecule has 0 spiro atoms. The molecule has 2 aromatic heterocycles. The topological polar surface area (TPSA) is 34.9 Å². The Morgan fingerprint density at radius 1 is 1.38 bits per heavy atom. The minimum absolute atomic E-state index is 0.00870. The van der Waals surface area contributed by atoms with Gasteiger partial charge in [0, 0.05) is 24.7 Å². The number of nitrogens with zero attached hydrogens (tertiary/aromatic N) is 2. The molecule has 2 heterocycles.